The molecule has 6 nitrogen and oxygen atoms in total. The van der Waals surface area contributed by atoms with Crippen molar-refractivity contribution in [3.8, 4) is 0 Å². The second kappa shape index (κ2) is 6.51. The summed E-state index contributed by atoms with van der Waals surface area (Å²) in [4.78, 5) is 8.45. The molecule has 3 rings (SSSR count). The van der Waals surface area contributed by atoms with E-state index in [0.717, 1.165) is 0 Å². The van der Waals surface area contributed by atoms with E-state index in [2.05, 4.69) is 20.6 Å². The number of halogens is 2. The van der Waals surface area contributed by atoms with Crippen molar-refractivity contribution in [2.45, 2.75) is 12.5 Å². The maximum Gasteiger partial charge on any atom is 0.229 e. The zero-order valence-corrected chi connectivity index (χ0v) is 14.3. The van der Waals surface area contributed by atoms with Crippen LogP contribution in [0.3, 0.4) is 0 Å². The van der Waals surface area contributed by atoms with Gasteiger partial charge in [0.15, 0.2) is 9.84 Å². The number of sulfone groups is 1. The number of benzene rings is 1. The molecule has 1 fully saturated rings. The number of hydrogen-bond acceptors (Lipinski definition) is 6. The first-order valence-electron chi connectivity index (χ1n) is 6.93. The molecule has 1 aliphatic rings. The number of aromatic nitrogens is 2. The highest BCUT2D eigenvalue weighted by Crippen LogP contribution is 2.27. The highest BCUT2D eigenvalue weighted by atomic mass is 35.5. The average molecular weight is 373 g/mol. The third kappa shape index (κ3) is 4.25. The summed E-state index contributed by atoms with van der Waals surface area (Å²) in [5.74, 6) is 1.26. The molecule has 0 saturated carbocycles. The third-order valence-electron chi connectivity index (χ3n) is 3.42. The molecule has 23 heavy (non-hydrogen) atoms. The van der Waals surface area contributed by atoms with E-state index in [4.69, 9.17) is 23.2 Å². The van der Waals surface area contributed by atoms with Crippen LogP contribution >= 0.6 is 23.2 Å². The van der Waals surface area contributed by atoms with Crippen LogP contribution in [-0.2, 0) is 9.84 Å². The molecule has 1 aliphatic heterocycles. The van der Waals surface area contributed by atoms with Crippen LogP contribution in [0, 0.1) is 0 Å². The summed E-state index contributed by atoms with van der Waals surface area (Å²) >= 11 is 12.0. The lowest BCUT2D eigenvalue weighted by Gasteiger charge is -2.13. The Hall–Kier alpha value is -1.57. The predicted octanol–water partition coefficient (Wildman–Crippen LogP) is 3.13. The van der Waals surface area contributed by atoms with Crippen molar-refractivity contribution in [1.82, 2.24) is 9.97 Å². The van der Waals surface area contributed by atoms with Crippen molar-refractivity contribution in [2.75, 3.05) is 22.1 Å². The van der Waals surface area contributed by atoms with Crippen LogP contribution in [0.15, 0.2) is 30.5 Å². The molecule has 2 heterocycles. The van der Waals surface area contributed by atoms with Gasteiger partial charge in [-0.2, -0.15) is 4.98 Å². The number of anilines is 3. The van der Waals surface area contributed by atoms with Gasteiger partial charge >= 0.3 is 0 Å². The summed E-state index contributed by atoms with van der Waals surface area (Å²) in [7, 11) is -2.94. The summed E-state index contributed by atoms with van der Waals surface area (Å²) in [5, 5.41) is 7.13. The Morgan fingerprint density at radius 1 is 1.22 bits per heavy atom. The molecule has 0 radical (unpaired) electrons. The lowest BCUT2D eigenvalue weighted by atomic mass is 10.2. The van der Waals surface area contributed by atoms with Gasteiger partial charge in [-0.3, -0.25) is 0 Å². The molecule has 1 aromatic heterocycles. The largest absolute Gasteiger partial charge is 0.366 e. The summed E-state index contributed by atoms with van der Waals surface area (Å²) in [5.41, 5.74) is 0.636. The Labute approximate surface area is 144 Å². The van der Waals surface area contributed by atoms with E-state index in [1.165, 1.54) is 0 Å². The Morgan fingerprint density at radius 2 is 2.04 bits per heavy atom. The molecule has 1 unspecified atom stereocenters. The van der Waals surface area contributed by atoms with Gasteiger partial charge in [-0.1, -0.05) is 23.2 Å². The minimum atomic E-state index is -2.94. The molecule has 0 bridgehead atoms. The van der Waals surface area contributed by atoms with Crippen molar-refractivity contribution in [2.24, 2.45) is 0 Å². The van der Waals surface area contributed by atoms with Crippen LogP contribution in [-0.4, -0.2) is 35.9 Å². The molecular formula is C14H14Cl2N4O2S. The van der Waals surface area contributed by atoms with Crippen molar-refractivity contribution < 1.29 is 8.42 Å². The minimum absolute atomic E-state index is 0.123. The molecule has 0 amide bonds. The Balaban J connectivity index is 1.72. The topological polar surface area (TPSA) is 84.0 Å². The van der Waals surface area contributed by atoms with Crippen LogP contribution in [0.25, 0.3) is 0 Å². The first-order chi connectivity index (χ1) is 10.9. The number of hydrogen-bond donors (Lipinski definition) is 2. The Kier molecular flexibility index (Phi) is 4.61. The second-order valence-corrected chi connectivity index (χ2v) is 8.33. The molecule has 0 spiro atoms. The molecule has 1 saturated heterocycles. The number of nitrogens with zero attached hydrogens (tertiary/aromatic N) is 2. The normalized spacial score (nSPS) is 19.5. The third-order valence-corrected chi connectivity index (χ3v) is 5.73. The number of rotatable bonds is 4. The lowest BCUT2D eigenvalue weighted by Crippen LogP contribution is -2.21. The Bertz CT molecular complexity index is 829. The van der Waals surface area contributed by atoms with Crippen molar-refractivity contribution in [3.63, 3.8) is 0 Å². The highest BCUT2D eigenvalue weighted by molar-refractivity contribution is 7.91. The molecule has 0 aliphatic carbocycles. The van der Waals surface area contributed by atoms with Gasteiger partial charge in [-0.25, -0.2) is 13.4 Å². The van der Waals surface area contributed by atoms with E-state index in [0.29, 0.717) is 33.9 Å². The average Bonchev–Trinajstić information content (AvgIpc) is 2.81. The fourth-order valence-electron chi connectivity index (χ4n) is 2.33. The zero-order valence-electron chi connectivity index (χ0n) is 12.0. The lowest BCUT2D eigenvalue weighted by molar-refractivity contribution is 0.602. The van der Waals surface area contributed by atoms with Gasteiger partial charge in [0.05, 0.1) is 22.2 Å². The van der Waals surface area contributed by atoms with E-state index in [9.17, 15) is 8.42 Å². The first-order valence-corrected chi connectivity index (χ1v) is 9.51. The minimum Gasteiger partial charge on any atom is -0.366 e. The number of nitrogens with one attached hydrogen (secondary N) is 2. The Morgan fingerprint density at radius 3 is 2.74 bits per heavy atom. The summed E-state index contributed by atoms with van der Waals surface area (Å²) in [6, 6.07) is 6.64. The SMILES string of the molecule is O=S1(=O)CCC(Nc2ccnc(Nc3ccc(Cl)cc3Cl)n2)C1. The first kappa shape index (κ1) is 16.3. The molecule has 122 valence electrons. The van der Waals surface area contributed by atoms with Gasteiger partial charge in [-0.05, 0) is 30.7 Å². The van der Waals surface area contributed by atoms with Gasteiger partial charge in [0.25, 0.3) is 0 Å². The fraction of sp³-hybridized carbons (Fsp3) is 0.286. The van der Waals surface area contributed by atoms with Gasteiger partial charge < -0.3 is 10.6 Å². The predicted molar refractivity (Wildman–Crippen MR) is 92.5 cm³/mol. The van der Waals surface area contributed by atoms with Gasteiger partial charge in [0.1, 0.15) is 5.82 Å². The zero-order chi connectivity index (χ0) is 16.4. The van der Waals surface area contributed by atoms with Gasteiger partial charge in [0, 0.05) is 17.3 Å². The summed E-state index contributed by atoms with van der Waals surface area (Å²) < 4.78 is 23.0. The van der Waals surface area contributed by atoms with Crippen LogP contribution < -0.4 is 10.6 Å². The van der Waals surface area contributed by atoms with E-state index in [1.54, 1.807) is 30.5 Å². The maximum atomic E-state index is 11.5. The van der Waals surface area contributed by atoms with Crippen LogP contribution in [0.5, 0.6) is 0 Å². The van der Waals surface area contributed by atoms with Crippen LogP contribution in [0.2, 0.25) is 10.0 Å². The van der Waals surface area contributed by atoms with E-state index >= 15 is 0 Å². The molecule has 1 atom stereocenters. The van der Waals surface area contributed by atoms with Crippen molar-refractivity contribution >= 4 is 50.5 Å². The quantitative estimate of drug-likeness (QED) is 0.857. The van der Waals surface area contributed by atoms with E-state index in [-0.39, 0.29) is 17.5 Å². The van der Waals surface area contributed by atoms with Gasteiger partial charge in [-0.15, -0.1) is 0 Å². The van der Waals surface area contributed by atoms with Crippen LogP contribution in [0.1, 0.15) is 6.42 Å². The fourth-order valence-corrected chi connectivity index (χ4v) is 4.46. The highest BCUT2D eigenvalue weighted by Gasteiger charge is 2.27. The van der Waals surface area contributed by atoms with Crippen molar-refractivity contribution in [1.29, 1.82) is 0 Å². The molecule has 1 aromatic carbocycles. The van der Waals surface area contributed by atoms with Crippen molar-refractivity contribution in [3.05, 3.63) is 40.5 Å². The second-order valence-electron chi connectivity index (χ2n) is 5.26. The van der Waals surface area contributed by atoms with Gasteiger partial charge in [0.2, 0.25) is 5.95 Å². The monoisotopic (exact) mass is 372 g/mol. The molecule has 2 N–H and O–H groups in total. The summed E-state index contributed by atoms with van der Waals surface area (Å²) in [6.07, 6.45) is 2.17. The molecule has 2 aromatic rings. The molecule has 9 heteroatoms. The van der Waals surface area contributed by atoms with E-state index in [1.807, 2.05) is 0 Å². The summed E-state index contributed by atoms with van der Waals surface area (Å²) in [6.45, 7) is 0. The van der Waals surface area contributed by atoms with Crippen LogP contribution in [0.4, 0.5) is 17.5 Å². The molecular weight excluding hydrogens is 359 g/mol. The smallest absolute Gasteiger partial charge is 0.229 e. The van der Waals surface area contributed by atoms with E-state index < -0.39 is 9.84 Å². The standard InChI is InChI=1S/C14H14Cl2N4O2S/c15-9-1-2-12(11(16)7-9)19-14-17-5-3-13(20-14)18-10-4-6-23(21,22)8-10/h1-3,5,7,10H,4,6,8H2,(H2,17,18,19,20). The maximum absolute atomic E-state index is 11.5.